The molecule has 4 rings (SSSR count). The minimum Gasteiger partial charge on any atom is -0.347 e. The van der Waals surface area contributed by atoms with Crippen molar-refractivity contribution < 1.29 is 4.79 Å². The van der Waals surface area contributed by atoms with Crippen molar-refractivity contribution in [3.8, 4) is 11.4 Å². The van der Waals surface area contributed by atoms with Crippen molar-refractivity contribution >= 4 is 17.5 Å². The monoisotopic (exact) mass is 393 g/mol. The molecule has 1 amide bonds. The Morgan fingerprint density at radius 1 is 1.11 bits per heavy atom. The van der Waals surface area contributed by atoms with Crippen LogP contribution in [0.2, 0.25) is 5.02 Å². The number of benzene rings is 2. The quantitative estimate of drug-likeness (QED) is 0.664. The van der Waals surface area contributed by atoms with Crippen LogP contribution in [0, 0.1) is 6.92 Å². The third kappa shape index (κ3) is 3.83. The Morgan fingerprint density at radius 2 is 1.89 bits per heavy atom. The minimum absolute atomic E-state index is 0.135. The first-order valence-corrected chi connectivity index (χ1v) is 10.2. The lowest BCUT2D eigenvalue weighted by atomic mass is 10.1. The molecule has 4 nitrogen and oxygen atoms in total. The molecule has 5 heteroatoms. The molecule has 0 bridgehead atoms. The maximum absolute atomic E-state index is 13.0. The van der Waals surface area contributed by atoms with Gasteiger partial charge in [0, 0.05) is 23.7 Å². The van der Waals surface area contributed by atoms with E-state index < -0.39 is 0 Å². The zero-order valence-electron chi connectivity index (χ0n) is 16.0. The number of carbonyl (C=O) groups excluding carboxylic acids is 1. The van der Waals surface area contributed by atoms with E-state index in [0.29, 0.717) is 17.3 Å². The van der Waals surface area contributed by atoms with Gasteiger partial charge in [0.1, 0.15) is 11.5 Å². The van der Waals surface area contributed by atoms with Crippen molar-refractivity contribution in [3.63, 3.8) is 0 Å². The van der Waals surface area contributed by atoms with E-state index in [2.05, 4.69) is 41.1 Å². The summed E-state index contributed by atoms with van der Waals surface area (Å²) >= 11 is 6.22. The molecule has 3 aromatic rings. The molecule has 1 aromatic heterocycles. The first kappa shape index (κ1) is 18.8. The number of hydrogen-bond donors (Lipinski definition) is 1. The lowest BCUT2D eigenvalue weighted by Crippen LogP contribution is -2.24. The molecule has 144 valence electrons. The molecule has 2 heterocycles. The van der Waals surface area contributed by atoms with Crippen LogP contribution in [0.4, 0.5) is 0 Å². The van der Waals surface area contributed by atoms with Crippen molar-refractivity contribution in [2.45, 2.75) is 45.7 Å². The Labute approximate surface area is 170 Å². The second-order valence-corrected chi connectivity index (χ2v) is 7.74. The molecule has 0 saturated heterocycles. The molecular weight excluding hydrogens is 370 g/mol. The van der Waals surface area contributed by atoms with E-state index in [-0.39, 0.29) is 5.91 Å². The first-order valence-electron chi connectivity index (χ1n) is 9.81. The largest absolute Gasteiger partial charge is 0.347 e. The second kappa shape index (κ2) is 8.19. The van der Waals surface area contributed by atoms with Gasteiger partial charge in [0.05, 0.1) is 5.69 Å². The zero-order chi connectivity index (χ0) is 19.5. The molecule has 0 saturated carbocycles. The first-order chi connectivity index (χ1) is 13.6. The summed E-state index contributed by atoms with van der Waals surface area (Å²) in [6, 6.07) is 15.9. The van der Waals surface area contributed by atoms with Gasteiger partial charge in [-0.05, 0) is 37.8 Å². The molecule has 1 aliphatic heterocycles. The highest BCUT2D eigenvalue weighted by molar-refractivity contribution is 6.31. The molecule has 1 aliphatic rings. The standard InChI is InChI=1S/C23H24ClN3O/c1-16-10-12-17(13-11-16)22-26-21(20-9-3-2-6-14-27(20)22)23(28)25-15-18-7-4-5-8-19(18)24/h4-5,7-8,10-13H,2-3,6,9,14-15H2,1H3,(H,25,28). The Bertz CT molecular complexity index is 992. The van der Waals surface area contributed by atoms with Gasteiger partial charge >= 0.3 is 0 Å². The van der Waals surface area contributed by atoms with E-state index in [1.54, 1.807) is 0 Å². The van der Waals surface area contributed by atoms with Crippen LogP contribution < -0.4 is 5.32 Å². The highest BCUT2D eigenvalue weighted by Gasteiger charge is 2.24. The summed E-state index contributed by atoms with van der Waals surface area (Å²) in [7, 11) is 0. The van der Waals surface area contributed by atoms with Gasteiger partial charge in [0.15, 0.2) is 0 Å². The third-order valence-corrected chi connectivity index (χ3v) is 5.66. The van der Waals surface area contributed by atoms with Gasteiger partial charge in [-0.3, -0.25) is 4.79 Å². The van der Waals surface area contributed by atoms with E-state index >= 15 is 0 Å². The molecular formula is C23H24ClN3O. The number of aromatic nitrogens is 2. The van der Waals surface area contributed by atoms with Gasteiger partial charge in [-0.2, -0.15) is 0 Å². The van der Waals surface area contributed by atoms with Crippen LogP contribution in [0.1, 0.15) is 46.6 Å². The van der Waals surface area contributed by atoms with E-state index in [4.69, 9.17) is 16.6 Å². The van der Waals surface area contributed by atoms with E-state index in [1.807, 2.05) is 24.3 Å². The second-order valence-electron chi connectivity index (χ2n) is 7.33. The van der Waals surface area contributed by atoms with Crippen molar-refractivity contribution in [1.82, 2.24) is 14.9 Å². The maximum Gasteiger partial charge on any atom is 0.272 e. The Balaban J connectivity index is 1.65. The zero-order valence-corrected chi connectivity index (χ0v) is 16.8. The number of hydrogen-bond acceptors (Lipinski definition) is 2. The van der Waals surface area contributed by atoms with Crippen LogP contribution in [-0.4, -0.2) is 15.5 Å². The molecule has 2 aromatic carbocycles. The predicted octanol–water partition coefficient (Wildman–Crippen LogP) is 5.17. The number of fused-ring (bicyclic) bond motifs is 1. The van der Waals surface area contributed by atoms with Crippen LogP contribution in [0.15, 0.2) is 48.5 Å². The molecule has 28 heavy (non-hydrogen) atoms. The minimum atomic E-state index is -0.135. The molecule has 0 atom stereocenters. The summed E-state index contributed by atoms with van der Waals surface area (Å²) < 4.78 is 2.24. The molecule has 0 radical (unpaired) electrons. The maximum atomic E-state index is 13.0. The number of nitrogens with zero attached hydrogens (tertiary/aromatic N) is 2. The van der Waals surface area contributed by atoms with Crippen molar-refractivity contribution in [3.05, 3.63) is 76.1 Å². The topological polar surface area (TPSA) is 46.9 Å². The summed E-state index contributed by atoms with van der Waals surface area (Å²) in [6.07, 6.45) is 4.26. The average Bonchev–Trinajstić information content (AvgIpc) is 2.89. The van der Waals surface area contributed by atoms with E-state index in [9.17, 15) is 4.79 Å². The Morgan fingerprint density at radius 3 is 2.68 bits per heavy atom. The van der Waals surface area contributed by atoms with Gasteiger partial charge in [0.2, 0.25) is 0 Å². The van der Waals surface area contributed by atoms with Gasteiger partial charge in [-0.1, -0.05) is 66.0 Å². The van der Waals surface area contributed by atoms with Crippen LogP contribution in [-0.2, 0) is 19.5 Å². The Kier molecular flexibility index (Phi) is 5.49. The number of nitrogens with one attached hydrogen (secondary N) is 1. The number of amides is 1. The molecule has 1 N–H and O–H groups in total. The predicted molar refractivity (Wildman–Crippen MR) is 113 cm³/mol. The van der Waals surface area contributed by atoms with Crippen LogP contribution in [0.3, 0.4) is 0 Å². The normalized spacial score (nSPS) is 13.6. The van der Waals surface area contributed by atoms with Gasteiger partial charge < -0.3 is 9.88 Å². The molecule has 0 unspecified atom stereocenters. The summed E-state index contributed by atoms with van der Waals surface area (Å²) in [5.41, 5.74) is 4.76. The lowest BCUT2D eigenvalue weighted by molar-refractivity contribution is 0.0945. The lowest BCUT2D eigenvalue weighted by Gasteiger charge is -2.09. The smallest absolute Gasteiger partial charge is 0.272 e. The van der Waals surface area contributed by atoms with E-state index in [0.717, 1.165) is 48.5 Å². The number of imidazole rings is 1. The summed E-state index contributed by atoms with van der Waals surface area (Å²) in [6.45, 7) is 3.37. The molecule has 0 aliphatic carbocycles. The fourth-order valence-electron chi connectivity index (χ4n) is 3.73. The van der Waals surface area contributed by atoms with Crippen LogP contribution in [0.5, 0.6) is 0 Å². The van der Waals surface area contributed by atoms with Crippen molar-refractivity contribution in [2.24, 2.45) is 0 Å². The summed E-state index contributed by atoms with van der Waals surface area (Å²) in [5, 5.41) is 3.66. The summed E-state index contributed by atoms with van der Waals surface area (Å²) in [4.78, 5) is 17.8. The van der Waals surface area contributed by atoms with Gasteiger partial charge in [-0.15, -0.1) is 0 Å². The number of carbonyl (C=O) groups is 1. The fourth-order valence-corrected chi connectivity index (χ4v) is 3.93. The number of rotatable bonds is 4. The molecule has 0 fully saturated rings. The molecule has 0 spiro atoms. The van der Waals surface area contributed by atoms with Gasteiger partial charge in [-0.25, -0.2) is 4.98 Å². The van der Waals surface area contributed by atoms with Crippen molar-refractivity contribution in [2.75, 3.05) is 0 Å². The third-order valence-electron chi connectivity index (χ3n) is 5.29. The van der Waals surface area contributed by atoms with E-state index in [1.165, 1.54) is 12.0 Å². The Hall–Kier alpha value is -2.59. The highest BCUT2D eigenvalue weighted by Crippen LogP contribution is 2.27. The highest BCUT2D eigenvalue weighted by atomic mass is 35.5. The fraction of sp³-hybridized carbons (Fsp3) is 0.304. The van der Waals surface area contributed by atoms with Crippen molar-refractivity contribution in [1.29, 1.82) is 0 Å². The van der Waals surface area contributed by atoms with Crippen LogP contribution in [0.25, 0.3) is 11.4 Å². The van der Waals surface area contributed by atoms with Gasteiger partial charge in [0.25, 0.3) is 5.91 Å². The van der Waals surface area contributed by atoms with Crippen LogP contribution >= 0.6 is 11.6 Å². The number of halogens is 1. The summed E-state index contributed by atoms with van der Waals surface area (Å²) in [5.74, 6) is 0.753. The SMILES string of the molecule is Cc1ccc(-c2nc(C(=O)NCc3ccccc3Cl)c3n2CCCCC3)cc1. The average molecular weight is 394 g/mol. The number of aryl methyl sites for hydroxylation is 1.